The highest BCUT2D eigenvalue weighted by atomic mass is 16.7. The zero-order valence-electron chi connectivity index (χ0n) is 11.6. The summed E-state index contributed by atoms with van der Waals surface area (Å²) in [6, 6.07) is 10.5. The van der Waals surface area contributed by atoms with Crippen LogP contribution in [-0.2, 0) is 0 Å². The third-order valence-corrected chi connectivity index (χ3v) is 3.03. The number of ether oxygens (including phenoxy) is 3. The van der Waals surface area contributed by atoms with Gasteiger partial charge >= 0.3 is 0 Å². The van der Waals surface area contributed by atoms with Crippen molar-refractivity contribution < 1.29 is 19.3 Å². The number of phenols is 1. The molecule has 0 bridgehead atoms. The summed E-state index contributed by atoms with van der Waals surface area (Å²) in [5.74, 6) is 2.13. The Labute approximate surface area is 122 Å². The topological polar surface area (TPSA) is 60.3 Å². The largest absolute Gasteiger partial charge is 0.506 e. The minimum absolute atomic E-state index is 0.132. The van der Waals surface area contributed by atoms with Gasteiger partial charge in [0.15, 0.2) is 11.5 Å². The van der Waals surface area contributed by atoms with Crippen LogP contribution < -0.4 is 14.2 Å². The quantitative estimate of drug-likeness (QED) is 0.876. The van der Waals surface area contributed by atoms with Crippen molar-refractivity contribution in [2.24, 2.45) is 4.99 Å². The Balaban J connectivity index is 1.96. The predicted molar refractivity (Wildman–Crippen MR) is 79.1 cm³/mol. The number of nitrogens with zero attached hydrogens (tertiary/aromatic N) is 1. The summed E-state index contributed by atoms with van der Waals surface area (Å²) in [6.45, 7) is 2.66. The molecule has 0 aromatic heterocycles. The molecule has 108 valence electrons. The molecule has 0 spiro atoms. The second-order valence-corrected chi connectivity index (χ2v) is 4.42. The standard InChI is InChI=1S/C16H15NO4/c1-2-19-14-8-16-15(20-10-21-16)7-11(14)9-17-12-5-3-4-6-13(12)18/h3-9,18H,2,10H2,1H3. The van der Waals surface area contributed by atoms with E-state index >= 15 is 0 Å². The molecule has 0 unspecified atom stereocenters. The maximum Gasteiger partial charge on any atom is 0.231 e. The molecule has 2 aromatic rings. The van der Waals surface area contributed by atoms with E-state index < -0.39 is 0 Å². The molecule has 0 saturated carbocycles. The molecule has 0 atom stereocenters. The van der Waals surface area contributed by atoms with Gasteiger partial charge in [-0.05, 0) is 25.1 Å². The zero-order chi connectivity index (χ0) is 14.7. The van der Waals surface area contributed by atoms with E-state index in [1.165, 1.54) is 0 Å². The van der Waals surface area contributed by atoms with Gasteiger partial charge in [0.25, 0.3) is 0 Å². The number of hydrogen-bond donors (Lipinski definition) is 1. The van der Waals surface area contributed by atoms with Crippen molar-refractivity contribution in [3.8, 4) is 23.0 Å². The van der Waals surface area contributed by atoms with Crippen LogP contribution in [0, 0.1) is 0 Å². The van der Waals surface area contributed by atoms with Crippen molar-refractivity contribution in [1.82, 2.24) is 0 Å². The van der Waals surface area contributed by atoms with Crippen LogP contribution in [-0.4, -0.2) is 24.7 Å². The first-order valence-corrected chi connectivity index (χ1v) is 6.66. The lowest BCUT2D eigenvalue weighted by molar-refractivity contribution is 0.174. The Bertz CT molecular complexity index is 682. The Morgan fingerprint density at radius 3 is 2.76 bits per heavy atom. The molecule has 1 heterocycles. The van der Waals surface area contributed by atoms with Crippen LogP contribution in [0.25, 0.3) is 0 Å². The maximum atomic E-state index is 9.73. The molecule has 21 heavy (non-hydrogen) atoms. The van der Waals surface area contributed by atoms with Gasteiger partial charge in [-0.3, -0.25) is 4.99 Å². The number of para-hydroxylation sites is 2. The summed E-state index contributed by atoms with van der Waals surface area (Å²) < 4.78 is 16.3. The minimum atomic E-state index is 0.132. The van der Waals surface area contributed by atoms with Crippen LogP contribution in [0.3, 0.4) is 0 Å². The van der Waals surface area contributed by atoms with E-state index in [4.69, 9.17) is 14.2 Å². The fourth-order valence-electron chi connectivity index (χ4n) is 2.03. The molecular weight excluding hydrogens is 270 g/mol. The van der Waals surface area contributed by atoms with Crippen LogP contribution in [0.1, 0.15) is 12.5 Å². The van der Waals surface area contributed by atoms with Crippen LogP contribution in [0.2, 0.25) is 0 Å². The van der Waals surface area contributed by atoms with Gasteiger partial charge in [0.2, 0.25) is 6.79 Å². The number of phenolic OH excluding ortho intramolecular Hbond substituents is 1. The van der Waals surface area contributed by atoms with E-state index in [1.807, 2.05) is 19.1 Å². The molecule has 0 radical (unpaired) electrons. The van der Waals surface area contributed by atoms with E-state index in [9.17, 15) is 5.11 Å². The van der Waals surface area contributed by atoms with Crippen molar-refractivity contribution >= 4 is 11.9 Å². The summed E-state index contributed by atoms with van der Waals surface area (Å²) in [5, 5.41) is 9.73. The first-order valence-electron chi connectivity index (χ1n) is 6.66. The van der Waals surface area contributed by atoms with Gasteiger partial charge in [-0.2, -0.15) is 0 Å². The Morgan fingerprint density at radius 2 is 2.00 bits per heavy atom. The summed E-state index contributed by atoms with van der Waals surface area (Å²) >= 11 is 0. The second kappa shape index (κ2) is 5.75. The lowest BCUT2D eigenvalue weighted by Crippen LogP contribution is -1.96. The van der Waals surface area contributed by atoms with Crippen LogP contribution >= 0.6 is 0 Å². The SMILES string of the molecule is CCOc1cc2c(cc1C=Nc1ccccc1O)OCO2. The van der Waals surface area contributed by atoms with E-state index in [-0.39, 0.29) is 12.5 Å². The number of aromatic hydroxyl groups is 1. The minimum Gasteiger partial charge on any atom is -0.506 e. The molecule has 1 aliphatic heterocycles. The van der Waals surface area contributed by atoms with E-state index in [1.54, 1.807) is 30.5 Å². The predicted octanol–water partition coefficient (Wildman–Crippen LogP) is 3.27. The van der Waals surface area contributed by atoms with Gasteiger partial charge in [-0.25, -0.2) is 0 Å². The highest BCUT2D eigenvalue weighted by Crippen LogP contribution is 2.38. The van der Waals surface area contributed by atoms with Crippen molar-refractivity contribution in [3.05, 3.63) is 42.0 Å². The van der Waals surface area contributed by atoms with Gasteiger partial charge in [0, 0.05) is 17.8 Å². The fourth-order valence-corrected chi connectivity index (χ4v) is 2.03. The van der Waals surface area contributed by atoms with Gasteiger partial charge in [-0.1, -0.05) is 12.1 Å². The molecule has 0 aliphatic carbocycles. The molecule has 0 fully saturated rings. The fraction of sp³-hybridized carbons (Fsp3) is 0.188. The molecule has 2 aromatic carbocycles. The highest BCUT2D eigenvalue weighted by molar-refractivity contribution is 5.87. The Morgan fingerprint density at radius 1 is 1.24 bits per heavy atom. The number of aliphatic imine (C=N–C) groups is 1. The van der Waals surface area contributed by atoms with Crippen LogP contribution in [0.15, 0.2) is 41.4 Å². The molecule has 0 amide bonds. The summed E-state index contributed by atoms with van der Waals surface area (Å²) in [5.41, 5.74) is 1.27. The summed E-state index contributed by atoms with van der Waals surface area (Å²) in [4.78, 5) is 4.29. The summed E-state index contributed by atoms with van der Waals surface area (Å²) in [6.07, 6.45) is 1.64. The Hall–Kier alpha value is -2.69. The van der Waals surface area contributed by atoms with Crippen molar-refractivity contribution in [2.75, 3.05) is 13.4 Å². The summed E-state index contributed by atoms with van der Waals surface area (Å²) in [7, 11) is 0. The number of fused-ring (bicyclic) bond motifs is 1. The van der Waals surface area contributed by atoms with Gasteiger partial charge in [0.05, 0.1) is 6.61 Å². The van der Waals surface area contributed by atoms with Crippen LogP contribution in [0.4, 0.5) is 5.69 Å². The normalized spacial score (nSPS) is 12.8. The first-order chi connectivity index (χ1) is 10.3. The molecule has 1 N–H and O–H groups in total. The smallest absolute Gasteiger partial charge is 0.231 e. The highest BCUT2D eigenvalue weighted by Gasteiger charge is 2.17. The molecule has 3 rings (SSSR count). The second-order valence-electron chi connectivity index (χ2n) is 4.42. The van der Waals surface area contributed by atoms with Crippen molar-refractivity contribution in [1.29, 1.82) is 0 Å². The lowest BCUT2D eigenvalue weighted by Gasteiger charge is -2.08. The zero-order valence-corrected chi connectivity index (χ0v) is 11.6. The van der Waals surface area contributed by atoms with Gasteiger partial charge < -0.3 is 19.3 Å². The van der Waals surface area contributed by atoms with E-state index in [2.05, 4.69) is 4.99 Å². The van der Waals surface area contributed by atoms with E-state index in [0.717, 1.165) is 5.56 Å². The number of rotatable bonds is 4. The van der Waals surface area contributed by atoms with E-state index in [0.29, 0.717) is 29.5 Å². The Kier molecular flexibility index (Phi) is 3.64. The average molecular weight is 285 g/mol. The maximum absolute atomic E-state index is 9.73. The lowest BCUT2D eigenvalue weighted by atomic mass is 10.2. The van der Waals surface area contributed by atoms with Gasteiger partial charge in [-0.15, -0.1) is 0 Å². The van der Waals surface area contributed by atoms with Crippen molar-refractivity contribution in [2.45, 2.75) is 6.92 Å². The monoisotopic (exact) mass is 285 g/mol. The molecule has 5 nitrogen and oxygen atoms in total. The van der Waals surface area contributed by atoms with Crippen molar-refractivity contribution in [3.63, 3.8) is 0 Å². The third kappa shape index (κ3) is 2.76. The number of benzene rings is 2. The molecule has 5 heteroatoms. The molecule has 0 saturated heterocycles. The average Bonchev–Trinajstić information content (AvgIpc) is 2.94. The van der Waals surface area contributed by atoms with Gasteiger partial charge in [0.1, 0.15) is 17.2 Å². The first kappa shape index (κ1) is 13.3. The third-order valence-electron chi connectivity index (χ3n) is 3.03. The van der Waals surface area contributed by atoms with Crippen LogP contribution in [0.5, 0.6) is 23.0 Å². The molecule has 1 aliphatic rings. The molecular formula is C16H15NO4. The number of hydrogen-bond acceptors (Lipinski definition) is 5.